The molecule has 2 N–H and O–H groups in total. The fourth-order valence-electron chi connectivity index (χ4n) is 2.50. The molecule has 144 valence electrons. The summed E-state index contributed by atoms with van der Waals surface area (Å²) in [6.07, 6.45) is -0.270. The van der Waals surface area contributed by atoms with Crippen LogP contribution in [-0.4, -0.2) is 37.3 Å². The van der Waals surface area contributed by atoms with E-state index in [1.165, 1.54) is 7.11 Å². The number of carbonyl (C=O) groups excluding carboxylic acids is 1. The van der Waals surface area contributed by atoms with Crippen molar-refractivity contribution in [2.24, 2.45) is 0 Å². The molecule has 27 heavy (non-hydrogen) atoms. The normalized spacial score (nSPS) is 11.3. The van der Waals surface area contributed by atoms with Crippen LogP contribution in [-0.2, 0) is 9.59 Å². The van der Waals surface area contributed by atoms with Crippen molar-refractivity contribution in [1.29, 1.82) is 0 Å². The van der Waals surface area contributed by atoms with E-state index in [2.05, 4.69) is 5.32 Å². The highest BCUT2D eigenvalue weighted by molar-refractivity contribution is 5.79. The van der Waals surface area contributed by atoms with Gasteiger partial charge in [0.15, 0.2) is 18.1 Å². The molecule has 0 aliphatic rings. The topological polar surface area (TPSA) is 94.1 Å². The Morgan fingerprint density at radius 3 is 2.44 bits per heavy atom. The lowest BCUT2D eigenvalue weighted by molar-refractivity contribution is -0.137. The third-order valence-electron chi connectivity index (χ3n) is 3.72. The smallest absolute Gasteiger partial charge is 0.305 e. The summed E-state index contributed by atoms with van der Waals surface area (Å²) in [6.45, 7) is 2.11. The Kier molecular flexibility index (Phi) is 7.49. The number of aliphatic carboxylic acids is 1. The van der Waals surface area contributed by atoms with Gasteiger partial charge in [0.25, 0.3) is 5.91 Å². The molecule has 1 amide bonds. The van der Waals surface area contributed by atoms with Gasteiger partial charge in [-0.15, -0.1) is 0 Å². The van der Waals surface area contributed by atoms with Gasteiger partial charge in [0.05, 0.1) is 26.2 Å². The average molecular weight is 373 g/mol. The first-order valence-electron chi connectivity index (χ1n) is 8.53. The summed E-state index contributed by atoms with van der Waals surface area (Å²) in [5.41, 5.74) is 0.603. The number of carbonyl (C=O) groups is 2. The van der Waals surface area contributed by atoms with Crippen molar-refractivity contribution in [2.75, 3.05) is 20.3 Å². The van der Waals surface area contributed by atoms with Crippen molar-refractivity contribution < 1.29 is 28.9 Å². The third kappa shape index (κ3) is 6.22. The quantitative estimate of drug-likeness (QED) is 0.665. The predicted octanol–water partition coefficient (Wildman–Crippen LogP) is 2.80. The zero-order chi connectivity index (χ0) is 19.6. The maximum atomic E-state index is 12.2. The SMILES string of the molecule is CCOc1ccc([C@H](CC(=O)O)NC(=O)COc2ccccc2)cc1OC. The zero-order valence-electron chi connectivity index (χ0n) is 15.3. The molecular weight excluding hydrogens is 350 g/mol. The first kappa shape index (κ1) is 20.1. The van der Waals surface area contributed by atoms with E-state index in [-0.39, 0.29) is 13.0 Å². The molecule has 0 aliphatic heterocycles. The van der Waals surface area contributed by atoms with Gasteiger partial charge in [0.1, 0.15) is 5.75 Å². The predicted molar refractivity (Wildman–Crippen MR) is 99.2 cm³/mol. The molecule has 2 aromatic rings. The second-order valence-corrected chi connectivity index (χ2v) is 5.66. The van der Waals surface area contributed by atoms with Crippen LogP contribution in [0.15, 0.2) is 48.5 Å². The minimum absolute atomic E-state index is 0.214. The number of para-hydroxylation sites is 1. The van der Waals surface area contributed by atoms with Crippen LogP contribution in [0.4, 0.5) is 0 Å². The number of carboxylic acids is 1. The van der Waals surface area contributed by atoms with Crippen molar-refractivity contribution in [2.45, 2.75) is 19.4 Å². The Morgan fingerprint density at radius 2 is 1.81 bits per heavy atom. The van der Waals surface area contributed by atoms with E-state index in [1.807, 2.05) is 13.0 Å². The minimum atomic E-state index is -1.03. The van der Waals surface area contributed by atoms with Crippen LogP contribution < -0.4 is 19.5 Å². The van der Waals surface area contributed by atoms with Crippen molar-refractivity contribution in [3.05, 3.63) is 54.1 Å². The van der Waals surface area contributed by atoms with Gasteiger partial charge < -0.3 is 24.6 Å². The number of rotatable bonds is 10. The molecule has 1 atom stereocenters. The first-order chi connectivity index (χ1) is 13.0. The van der Waals surface area contributed by atoms with Gasteiger partial charge in [0, 0.05) is 0 Å². The number of benzene rings is 2. The number of carboxylic acid groups (broad SMARTS) is 1. The van der Waals surface area contributed by atoms with Gasteiger partial charge in [-0.05, 0) is 36.8 Å². The van der Waals surface area contributed by atoms with E-state index in [0.717, 1.165) is 0 Å². The van der Waals surface area contributed by atoms with Gasteiger partial charge in [-0.3, -0.25) is 9.59 Å². The Morgan fingerprint density at radius 1 is 1.07 bits per heavy atom. The van der Waals surface area contributed by atoms with E-state index in [4.69, 9.17) is 14.2 Å². The molecule has 0 saturated heterocycles. The molecule has 7 heteroatoms. The van der Waals surface area contributed by atoms with Gasteiger partial charge in [-0.2, -0.15) is 0 Å². The largest absolute Gasteiger partial charge is 0.493 e. The standard InChI is InChI=1S/C20H23NO6/c1-3-26-17-10-9-14(11-18(17)25-2)16(12-20(23)24)21-19(22)13-27-15-7-5-4-6-8-15/h4-11,16H,3,12-13H2,1-2H3,(H,21,22)(H,23,24)/t16-/m0/s1. The van der Waals surface area contributed by atoms with Gasteiger partial charge in [-0.1, -0.05) is 24.3 Å². The second kappa shape index (κ2) is 10.1. The van der Waals surface area contributed by atoms with E-state index < -0.39 is 17.9 Å². The third-order valence-corrected chi connectivity index (χ3v) is 3.72. The zero-order valence-corrected chi connectivity index (χ0v) is 15.3. The summed E-state index contributed by atoms with van der Waals surface area (Å²) in [5, 5.41) is 11.9. The Labute approximate surface area is 157 Å². The fourth-order valence-corrected chi connectivity index (χ4v) is 2.50. The van der Waals surface area contributed by atoms with Crippen molar-refractivity contribution in [1.82, 2.24) is 5.32 Å². The Hall–Kier alpha value is -3.22. The van der Waals surface area contributed by atoms with Crippen LogP contribution in [0.25, 0.3) is 0 Å². The fraction of sp³-hybridized carbons (Fsp3) is 0.300. The lowest BCUT2D eigenvalue weighted by Gasteiger charge is -2.19. The average Bonchev–Trinajstić information content (AvgIpc) is 2.67. The van der Waals surface area contributed by atoms with E-state index in [1.54, 1.807) is 42.5 Å². The number of hydrogen-bond donors (Lipinski definition) is 2. The lowest BCUT2D eigenvalue weighted by atomic mass is 10.0. The molecule has 0 aliphatic carbocycles. The molecule has 0 unspecified atom stereocenters. The first-order valence-corrected chi connectivity index (χ1v) is 8.53. The highest BCUT2D eigenvalue weighted by atomic mass is 16.5. The van der Waals surface area contributed by atoms with Gasteiger partial charge in [-0.25, -0.2) is 0 Å². The molecule has 0 saturated carbocycles. The number of ether oxygens (including phenoxy) is 3. The monoisotopic (exact) mass is 373 g/mol. The highest BCUT2D eigenvalue weighted by Gasteiger charge is 2.20. The van der Waals surface area contributed by atoms with E-state index in [0.29, 0.717) is 29.4 Å². The van der Waals surface area contributed by atoms with E-state index in [9.17, 15) is 14.7 Å². The molecule has 2 rings (SSSR count). The molecular formula is C20H23NO6. The van der Waals surface area contributed by atoms with Gasteiger partial charge >= 0.3 is 5.97 Å². The minimum Gasteiger partial charge on any atom is -0.493 e. The molecule has 0 spiro atoms. The van der Waals surface area contributed by atoms with Gasteiger partial charge in [0.2, 0.25) is 0 Å². The van der Waals surface area contributed by atoms with Crippen LogP contribution in [0, 0.1) is 0 Å². The maximum Gasteiger partial charge on any atom is 0.305 e. The van der Waals surface area contributed by atoms with Crippen LogP contribution in [0.5, 0.6) is 17.2 Å². The molecule has 0 aromatic heterocycles. The van der Waals surface area contributed by atoms with E-state index >= 15 is 0 Å². The summed E-state index contributed by atoms with van der Waals surface area (Å²) >= 11 is 0. The second-order valence-electron chi connectivity index (χ2n) is 5.66. The molecule has 7 nitrogen and oxygen atoms in total. The molecule has 0 radical (unpaired) electrons. The molecule has 0 fully saturated rings. The van der Waals surface area contributed by atoms with Crippen molar-refractivity contribution in [3.8, 4) is 17.2 Å². The van der Waals surface area contributed by atoms with Crippen LogP contribution in [0.1, 0.15) is 24.9 Å². The molecule has 0 bridgehead atoms. The number of amides is 1. The highest BCUT2D eigenvalue weighted by Crippen LogP contribution is 2.31. The molecule has 2 aromatic carbocycles. The number of methoxy groups -OCH3 is 1. The summed E-state index contributed by atoms with van der Waals surface area (Å²) in [5.74, 6) is 0.136. The van der Waals surface area contributed by atoms with Crippen molar-refractivity contribution >= 4 is 11.9 Å². The Bertz CT molecular complexity index is 762. The number of hydrogen-bond acceptors (Lipinski definition) is 5. The summed E-state index contributed by atoms with van der Waals surface area (Å²) in [6, 6.07) is 13.3. The lowest BCUT2D eigenvalue weighted by Crippen LogP contribution is -2.33. The van der Waals surface area contributed by atoms with Crippen molar-refractivity contribution in [3.63, 3.8) is 0 Å². The Balaban J connectivity index is 2.10. The summed E-state index contributed by atoms with van der Waals surface area (Å²) in [7, 11) is 1.50. The van der Waals surface area contributed by atoms with Crippen LogP contribution in [0.2, 0.25) is 0 Å². The maximum absolute atomic E-state index is 12.2. The summed E-state index contributed by atoms with van der Waals surface area (Å²) < 4.78 is 16.2. The summed E-state index contributed by atoms with van der Waals surface area (Å²) in [4.78, 5) is 23.4. The molecule has 0 heterocycles. The van der Waals surface area contributed by atoms with Crippen LogP contribution in [0.3, 0.4) is 0 Å². The van der Waals surface area contributed by atoms with Crippen LogP contribution >= 0.6 is 0 Å². The number of nitrogens with one attached hydrogen (secondary N) is 1.